The highest BCUT2D eigenvalue weighted by molar-refractivity contribution is 6.30. The number of benzene rings is 2. The van der Waals surface area contributed by atoms with Crippen molar-refractivity contribution < 1.29 is 14.7 Å². The fourth-order valence-corrected chi connectivity index (χ4v) is 2.05. The summed E-state index contributed by atoms with van der Waals surface area (Å²) in [6.07, 6.45) is 0. The molecular weight excluding hydrogens is 302 g/mol. The summed E-state index contributed by atoms with van der Waals surface area (Å²) < 4.78 is 0. The van der Waals surface area contributed by atoms with Crippen molar-refractivity contribution in [1.82, 2.24) is 5.32 Å². The minimum atomic E-state index is -1.20. The van der Waals surface area contributed by atoms with Crippen LogP contribution >= 0.6 is 11.6 Å². The molecule has 0 aliphatic rings. The second-order valence-corrected chi connectivity index (χ2v) is 5.07. The highest BCUT2D eigenvalue weighted by atomic mass is 35.5. The molecule has 2 N–H and O–H groups in total. The number of hydrogen-bond donors (Lipinski definition) is 2. The van der Waals surface area contributed by atoms with Crippen LogP contribution in [0.15, 0.2) is 60.3 Å². The second-order valence-electron chi connectivity index (χ2n) is 4.63. The van der Waals surface area contributed by atoms with E-state index in [9.17, 15) is 14.7 Å². The zero-order valence-electron chi connectivity index (χ0n) is 11.8. The van der Waals surface area contributed by atoms with Gasteiger partial charge in [-0.25, -0.2) is 4.79 Å². The predicted molar refractivity (Wildman–Crippen MR) is 85.6 cm³/mol. The number of carbonyl (C=O) groups excluding carboxylic acids is 1. The molecular formula is C17H14ClNO3. The van der Waals surface area contributed by atoms with E-state index in [0.717, 1.165) is 0 Å². The molecule has 1 amide bonds. The third kappa shape index (κ3) is 3.74. The molecule has 0 aliphatic heterocycles. The van der Waals surface area contributed by atoms with Crippen LogP contribution in [0.4, 0.5) is 0 Å². The third-order valence-corrected chi connectivity index (χ3v) is 3.39. The van der Waals surface area contributed by atoms with Gasteiger partial charge in [-0.2, -0.15) is 0 Å². The van der Waals surface area contributed by atoms with Gasteiger partial charge < -0.3 is 10.4 Å². The molecule has 0 aliphatic carbocycles. The van der Waals surface area contributed by atoms with Gasteiger partial charge in [-0.3, -0.25) is 4.79 Å². The lowest BCUT2D eigenvalue weighted by molar-refractivity contribution is -0.132. The van der Waals surface area contributed by atoms with Crippen molar-refractivity contribution in [2.24, 2.45) is 0 Å². The summed E-state index contributed by atoms with van der Waals surface area (Å²) in [6, 6.07) is 15.2. The van der Waals surface area contributed by atoms with Crippen molar-refractivity contribution in [3.63, 3.8) is 0 Å². The first kappa shape index (κ1) is 15.8. The molecule has 112 valence electrons. The van der Waals surface area contributed by atoms with Crippen LogP contribution in [0, 0.1) is 0 Å². The number of allylic oxidation sites excluding steroid dienone is 1. The number of rotatable bonds is 4. The fourth-order valence-electron chi connectivity index (χ4n) is 1.93. The Labute approximate surface area is 133 Å². The smallest absolute Gasteiger partial charge is 0.352 e. The summed E-state index contributed by atoms with van der Waals surface area (Å²) in [5, 5.41) is 12.4. The summed E-state index contributed by atoms with van der Waals surface area (Å²) in [5.74, 6) is -1.66. The van der Waals surface area contributed by atoms with E-state index in [2.05, 4.69) is 5.32 Å². The van der Waals surface area contributed by atoms with Crippen LogP contribution in [0.3, 0.4) is 0 Å². The first-order valence-electron chi connectivity index (χ1n) is 6.55. The molecule has 0 atom stereocenters. The molecule has 5 heteroatoms. The Kier molecular flexibility index (Phi) is 4.96. The SMILES string of the molecule is CC(=C(NC(=O)c1ccccc1)C(=O)O)c1ccc(Cl)cc1. The molecule has 0 spiro atoms. The molecule has 0 saturated heterocycles. The minimum Gasteiger partial charge on any atom is -0.477 e. The Hall–Kier alpha value is -2.59. The summed E-state index contributed by atoms with van der Waals surface area (Å²) in [4.78, 5) is 23.6. The number of aliphatic carboxylic acids is 1. The normalized spacial score (nSPS) is 11.5. The monoisotopic (exact) mass is 315 g/mol. The van der Waals surface area contributed by atoms with E-state index in [1.54, 1.807) is 61.5 Å². The van der Waals surface area contributed by atoms with E-state index in [0.29, 0.717) is 21.7 Å². The van der Waals surface area contributed by atoms with E-state index < -0.39 is 11.9 Å². The molecule has 2 rings (SSSR count). The van der Waals surface area contributed by atoms with Crippen molar-refractivity contribution in [1.29, 1.82) is 0 Å². The second kappa shape index (κ2) is 6.91. The molecule has 0 unspecified atom stereocenters. The summed E-state index contributed by atoms with van der Waals surface area (Å²) >= 11 is 5.82. The van der Waals surface area contributed by atoms with Gasteiger partial charge in [0.2, 0.25) is 0 Å². The summed E-state index contributed by atoms with van der Waals surface area (Å²) in [7, 11) is 0. The van der Waals surface area contributed by atoms with E-state index in [4.69, 9.17) is 11.6 Å². The van der Waals surface area contributed by atoms with Crippen LogP contribution in [0.25, 0.3) is 5.57 Å². The number of halogens is 1. The standard InChI is InChI=1S/C17H14ClNO3/c1-11(12-7-9-14(18)10-8-12)15(17(21)22)19-16(20)13-5-3-2-4-6-13/h2-10H,1H3,(H,19,20)(H,21,22). The van der Waals surface area contributed by atoms with Crippen molar-refractivity contribution in [2.75, 3.05) is 0 Å². The van der Waals surface area contributed by atoms with Gasteiger partial charge in [0.25, 0.3) is 5.91 Å². The maximum absolute atomic E-state index is 12.1. The van der Waals surface area contributed by atoms with Crippen LogP contribution < -0.4 is 5.32 Å². The minimum absolute atomic E-state index is 0.156. The Bertz CT molecular complexity index is 721. The first-order valence-corrected chi connectivity index (χ1v) is 6.93. The van der Waals surface area contributed by atoms with Gasteiger partial charge in [0.1, 0.15) is 5.70 Å². The van der Waals surface area contributed by atoms with Gasteiger partial charge in [0.05, 0.1) is 0 Å². The maximum atomic E-state index is 12.1. The highest BCUT2D eigenvalue weighted by Gasteiger charge is 2.17. The van der Waals surface area contributed by atoms with E-state index in [1.807, 2.05) is 0 Å². The molecule has 0 saturated carbocycles. The molecule has 0 aromatic heterocycles. The molecule has 4 nitrogen and oxygen atoms in total. The first-order chi connectivity index (χ1) is 10.5. The predicted octanol–water partition coefficient (Wildman–Crippen LogP) is 3.59. The topological polar surface area (TPSA) is 66.4 Å². The number of carbonyl (C=O) groups is 2. The molecule has 0 fully saturated rings. The average molecular weight is 316 g/mol. The number of hydrogen-bond acceptors (Lipinski definition) is 2. The zero-order valence-corrected chi connectivity index (χ0v) is 12.6. The summed E-state index contributed by atoms with van der Waals surface area (Å²) in [5.41, 5.74) is 1.37. The van der Waals surface area contributed by atoms with Gasteiger partial charge in [0.15, 0.2) is 0 Å². The molecule has 2 aromatic carbocycles. The fraction of sp³-hybridized carbons (Fsp3) is 0.0588. The van der Waals surface area contributed by atoms with Gasteiger partial charge in [-0.05, 0) is 42.3 Å². The van der Waals surface area contributed by atoms with Crippen molar-refractivity contribution >= 4 is 29.1 Å². The van der Waals surface area contributed by atoms with Crippen LogP contribution in [-0.2, 0) is 4.79 Å². The summed E-state index contributed by atoms with van der Waals surface area (Å²) in [6.45, 7) is 1.64. The Morgan fingerprint density at radius 2 is 1.55 bits per heavy atom. The lowest BCUT2D eigenvalue weighted by Crippen LogP contribution is -2.28. The Morgan fingerprint density at radius 3 is 2.09 bits per heavy atom. The third-order valence-electron chi connectivity index (χ3n) is 3.14. The Balaban J connectivity index is 2.33. The number of amides is 1. The maximum Gasteiger partial charge on any atom is 0.352 e. The van der Waals surface area contributed by atoms with E-state index in [-0.39, 0.29) is 5.70 Å². The van der Waals surface area contributed by atoms with Gasteiger partial charge >= 0.3 is 5.97 Å². The van der Waals surface area contributed by atoms with Gasteiger partial charge in [-0.1, -0.05) is 41.9 Å². The quantitative estimate of drug-likeness (QED) is 0.847. The van der Waals surface area contributed by atoms with Crippen molar-refractivity contribution in [2.45, 2.75) is 6.92 Å². The van der Waals surface area contributed by atoms with Crippen LogP contribution in [0.1, 0.15) is 22.8 Å². The lowest BCUT2D eigenvalue weighted by atomic mass is 10.0. The van der Waals surface area contributed by atoms with E-state index >= 15 is 0 Å². The molecule has 2 aromatic rings. The van der Waals surface area contributed by atoms with Gasteiger partial charge in [0, 0.05) is 10.6 Å². The van der Waals surface area contributed by atoms with Crippen LogP contribution in [0.5, 0.6) is 0 Å². The van der Waals surface area contributed by atoms with Gasteiger partial charge in [-0.15, -0.1) is 0 Å². The van der Waals surface area contributed by atoms with E-state index in [1.165, 1.54) is 0 Å². The molecule has 22 heavy (non-hydrogen) atoms. The van der Waals surface area contributed by atoms with Crippen LogP contribution in [-0.4, -0.2) is 17.0 Å². The molecule has 0 heterocycles. The number of nitrogens with one attached hydrogen (secondary N) is 1. The largest absolute Gasteiger partial charge is 0.477 e. The van der Waals surface area contributed by atoms with Crippen molar-refractivity contribution in [3.05, 3.63) is 76.4 Å². The number of carboxylic acids is 1. The highest BCUT2D eigenvalue weighted by Crippen LogP contribution is 2.20. The lowest BCUT2D eigenvalue weighted by Gasteiger charge is -2.11. The van der Waals surface area contributed by atoms with Crippen LogP contribution in [0.2, 0.25) is 5.02 Å². The van der Waals surface area contributed by atoms with Crippen molar-refractivity contribution in [3.8, 4) is 0 Å². The number of carboxylic acid groups (broad SMARTS) is 1. The zero-order chi connectivity index (χ0) is 16.1. The average Bonchev–Trinajstić information content (AvgIpc) is 2.53. The Morgan fingerprint density at radius 1 is 0.955 bits per heavy atom. The molecule has 0 bridgehead atoms. The molecule has 0 radical (unpaired) electrons.